The fraction of sp³-hybridized carbons (Fsp3) is 0.292. The number of benzene rings is 2. The number of ether oxygens (including phenoxy) is 1. The minimum atomic E-state index is -0.480. The van der Waals surface area contributed by atoms with Gasteiger partial charge in [0.1, 0.15) is 5.57 Å². The lowest BCUT2D eigenvalue weighted by atomic mass is 10.0. The summed E-state index contributed by atoms with van der Waals surface area (Å²) in [7, 11) is 0. The van der Waals surface area contributed by atoms with Crippen molar-refractivity contribution in [3.05, 3.63) is 64.2 Å². The molecule has 2 fully saturated rings. The lowest BCUT2D eigenvalue weighted by molar-refractivity contribution is -0.122. The van der Waals surface area contributed by atoms with Crippen LogP contribution in [0.15, 0.2) is 42.0 Å². The molecule has 1 N–H and O–H groups in total. The molecule has 0 aromatic heterocycles. The zero-order valence-corrected chi connectivity index (χ0v) is 18.7. The number of hydrogen-bond acceptors (Lipinski definition) is 5. The van der Waals surface area contributed by atoms with Crippen LogP contribution in [0.2, 0.25) is 0 Å². The summed E-state index contributed by atoms with van der Waals surface area (Å²) in [5.41, 5.74) is 5.75. The number of morpholine rings is 1. The predicted octanol–water partition coefficient (Wildman–Crippen LogP) is 3.28. The van der Waals surface area contributed by atoms with Crippen LogP contribution in [0.25, 0.3) is 6.08 Å². The first-order valence-corrected chi connectivity index (χ1v) is 10.7. The van der Waals surface area contributed by atoms with Gasteiger partial charge in [-0.05, 0) is 79.5 Å². The minimum absolute atomic E-state index is 0.0630. The van der Waals surface area contributed by atoms with E-state index in [1.165, 1.54) is 4.90 Å². The zero-order valence-electron chi connectivity index (χ0n) is 17.9. The summed E-state index contributed by atoms with van der Waals surface area (Å²) < 4.78 is 5.43. The SMILES string of the molecule is Cc1cc(/C=C2\C(=O)NC(=S)N(c3cccc(C)c3C)C2=O)ccc1N1CCOCC1. The molecule has 2 amide bonds. The first-order chi connectivity index (χ1) is 14.9. The third-order valence-electron chi connectivity index (χ3n) is 5.80. The second-order valence-electron chi connectivity index (χ2n) is 7.82. The zero-order chi connectivity index (χ0) is 22.1. The third-order valence-corrected chi connectivity index (χ3v) is 6.09. The Balaban J connectivity index is 1.67. The van der Waals surface area contributed by atoms with Crippen molar-refractivity contribution in [1.82, 2.24) is 5.32 Å². The Morgan fingerprint density at radius 3 is 2.45 bits per heavy atom. The van der Waals surface area contributed by atoms with E-state index in [0.717, 1.165) is 41.0 Å². The number of carbonyl (C=O) groups is 2. The quantitative estimate of drug-likeness (QED) is 0.456. The molecule has 0 radical (unpaired) electrons. The molecule has 4 rings (SSSR count). The van der Waals surface area contributed by atoms with Crippen molar-refractivity contribution in [2.45, 2.75) is 20.8 Å². The Bertz CT molecular complexity index is 1100. The average Bonchev–Trinajstić information content (AvgIpc) is 2.75. The van der Waals surface area contributed by atoms with Gasteiger partial charge < -0.3 is 9.64 Å². The molecule has 0 unspecified atom stereocenters. The maximum atomic E-state index is 13.3. The molecule has 7 heteroatoms. The highest BCUT2D eigenvalue weighted by molar-refractivity contribution is 7.80. The van der Waals surface area contributed by atoms with Crippen LogP contribution in [0.1, 0.15) is 22.3 Å². The van der Waals surface area contributed by atoms with Gasteiger partial charge in [-0.25, -0.2) is 0 Å². The first kappa shape index (κ1) is 21.2. The lowest BCUT2D eigenvalue weighted by Crippen LogP contribution is -2.54. The van der Waals surface area contributed by atoms with Gasteiger partial charge in [-0.2, -0.15) is 0 Å². The highest BCUT2D eigenvalue weighted by Gasteiger charge is 2.35. The van der Waals surface area contributed by atoms with E-state index in [2.05, 4.69) is 10.2 Å². The maximum Gasteiger partial charge on any atom is 0.270 e. The Kier molecular flexibility index (Phi) is 5.89. The molecule has 0 saturated carbocycles. The molecule has 2 aromatic carbocycles. The summed E-state index contributed by atoms with van der Waals surface area (Å²) >= 11 is 5.32. The highest BCUT2D eigenvalue weighted by atomic mass is 32.1. The number of anilines is 2. The van der Waals surface area contributed by atoms with Crippen LogP contribution in [-0.4, -0.2) is 43.2 Å². The summed E-state index contributed by atoms with van der Waals surface area (Å²) in [5, 5.41) is 2.76. The summed E-state index contributed by atoms with van der Waals surface area (Å²) in [6.07, 6.45) is 1.63. The molecule has 6 nitrogen and oxygen atoms in total. The first-order valence-electron chi connectivity index (χ1n) is 10.3. The van der Waals surface area contributed by atoms with Crippen molar-refractivity contribution in [2.24, 2.45) is 0 Å². The van der Waals surface area contributed by atoms with E-state index in [1.807, 2.05) is 57.2 Å². The van der Waals surface area contributed by atoms with Crippen molar-refractivity contribution >= 4 is 46.6 Å². The number of hydrogen-bond donors (Lipinski definition) is 1. The van der Waals surface area contributed by atoms with E-state index < -0.39 is 11.8 Å². The van der Waals surface area contributed by atoms with Gasteiger partial charge >= 0.3 is 0 Å². The van der Waals surface area contributed by atoms with Gasteiger partial charge in [-0.1, -0.05) is 18.2 Å². The smallest absolute Gasteiger partial charge is 0.270 e. The summed E-state index contributed by atoms with van der Waals surface area (Å²) in [5.74, 6) is -0.899. The van der Waals surface area contributed by atoms with Crippen LogP contribution < -0.4 is 15.1 Å². The molecule has 0 aliphatic carbocycles. The van der Waals surface area contributed by atoms with Gasteiger partial charge in [0.05, 0.1) is 18.9 Å². The molecule has 160 valence electrons. The number of rotatable bonds is 3. The topological polar surface area (TPSA) is 61.9 Å². The van der Waals surface area contributed by atoms with Crippen molar-refractivity contribution in [3.63, 3.8) is 0 Å². The van der Waals surface area contributed by atoms with Crippen molar-refractivity contribution < 1.29 is 14.3 Å². The number of amides is 2. The molecule has 2 aliphatic rings. The van der Waals surface area contributed by atoms with Crippen molar-refractivity contribution in [3.8, 4) is 0 Å². The van der Waals surface area contributed by atoms with Crippen LogP contribution >= 0.6 is 12.2 Å². The van der Waals surface area contributed by atoms with E-state index in [-0.39, 0.29) is 10.7 Å². The van der Waals surface area contributed by atoms with Crippen molar-refractivity contribution in [2.75, 3.05) is 36.1 Å². The lowest BCUT2D eigenvalue weighted by Gasteiger charge is -2.31. The van der Waals surface area contributed by atoms with Crippen LogP contribution in [0, 0.1) is 20.8 Å². The summed E-state index contributed by atoms with van der Waals surface area (Å²) in [6.45, 7) is 9.09. The van der Waals surface area contributed by atoms with Crippen LogP contribution in [0.4, 0.5) is 11.4 Å². The molecule has 2 saturated heterocycles. The number of thiocarbonyl (C=S) groups is 1. The predicted molar refractivity (Wildman–Crippen MR) is 126 cm³/mol. The fourth-order valence-corrected chi connectivity index (χ4v) is 4.22. The molecule has 2 aromatic rings. The molecule has 2 heterocycles. The Morgan fingerprint density at radius 1 is 1.00 bits per heavy atom. The number of nitrogens with zero attached hydrogens (tertiary/aromatic N) is 2. The highest BCUT2D eigenvalue weighted by Crippen LogP contribution is 2.28. The van der Waals surface area contributed by atoms with Gasteiger partial charge in [-0.15, -0.1) is 0 Å². The van der Waals surface area contributed by atoms with E-state index in [0.29, 0.717) is 18.9 Å². The van der Waals surface area contributed by atoms with E-state index in [9.17, 15) is 9.59 Å². The molecule has 0 bridgehead atoms. The van der Waals surface area contributed by atoms with Crippen LogP contribution in [0.5, 0.6) is 0 Å². The third kappa shape index (κ3) is 4.11. The van der Waals surface area contributed by atoms with Gasteiger partial charge in [0.25, 0.3) is 11.8 Å². The van der Waals surface area contributed by atoms with Gasteiger partial charge in [-0.3, -0.25) is 19.8 Å². The second-order valence-corrected chi connectivity index (χ2v) is 8.21. The fourth-order valence-electron chi connectivity index (χ4n) is 3.95. The largest absolute Gasteiger partial charge is 0.378 e. The standard InChI is InChI=1S/C24H25N3O3S/c1-15-5-4-6-21(17(15)3)27-23(29)19(22(28)25-24(27)31)14-18-7-8-20(16(2)13-18)26-9-11-30-12-10-26/h4-8,13-14H,9-12H2,1-3H3,(H,25,28,31)/b19-14+. The molecule has 0 spiro atoms. The van der Waals surface area contributed by atoms with E-state index in [4.69, 9.17) is 17.0 Å². The summed E-state index contributed by atoms with van der Waals surface area (Å²) in [6, 6.07) is 11.6. The summed E-state index contributed by atoms with van der Waals surface area (Å²) in [4.78, 5) is 29.6. The molecular weight excluding hydrogens is 410 g/mol. The van der Waals surface area contributed by atoms with Crippen LogP contribution in [-0.2, 0) is 14.3 Å². The number of aryl methyl sites for hydroxylation is 2. The maximum absolute atomic E-state index is 13.3. The molecular formula is C24H25N3O3S. The van der Waals surface area contributed by atoms with E-state index >= 15 is 0 Å². The average molecular weight is 436 g/mol. The number of nitrogens with one attached hydrogen (secondary N) is 1. The molecule has 0 atom stereocenters. The van der Waals surface area contributed by atoms with Gasteiger partial charge in [0, 0.05) is 18.8 Å². The number of carbonyl (C=O) groups excluding carboxylic acids is 2. The van der Waals surface area contributed by atoms with E-state index in [1.54, 1.807) is 6.08 Å². The minimum Gasteiger partial charge on any atom is -0.378 e. The normalized spacial score (nSPS) is 18.5. The van der Waals surface area contributed by atoms with Gasteiger partial charge in [0.2, 0.25) is 0 Å². The Hall–Kier alpha value is -3.03. The van der Waals surface area contributed by atoms with Crippen molar-refractivity contribution in [1.29, 1.82) is 0 Å². The van der Waals surface area contributed by atoms with Crippen LogP contribution in [0.3, 0.4) is 0 Å². The molecule has 31 heavy (non-hydrogen) atoms. The Morgan fingerprint density at radius 2 is 1.74 bits per heavy atom. The van der Waals surface area contributed by atoms with Gasteiger partial charge in [0.15, 0.2) is 5.11 Å². The second kappa shape index (κ2) is 8.61. The monoisotopic (exact) mass is 435 g/mol. The Labute approximate surface area is 187 Å². The molecule has 2 aliphatic heterocycles.